The van der Waals surface area contributed by atoms with Crippen LogP contribution in [-0.2, 0) is 9.53 Å². The third-order valence-corrected chi connectivity index (χ3v) is 1.05. The predicted molar refractivity (Wildman–Crippen MR) is 52.3 cm³/mol. The van der Waals surface area contributed by atoms with Crippen LogP contribution in [-0.4, -0.2) is 18.5 Å². The van der Waals surface area contributed by atoms with Crippen molar-refractivity contribution in [3.8, 4) is 0 Å². The molecule has 0 saturated heterocycles. The number of guanidine groups is 1. The van der Waals surface area contributed by atoms with Crippen molar-refractivity contribution in [3.63, 3.8) is 0 Å². The SMILES string of the molecule is CCCCCOC(C)=O.N=C(N)N. The Kier molecular flexibility index (Phi) is 11.8. The van der Waals surface area contributed by atoms with Crippen molar-refractivity contribution >= 4 is 11.9 Å². The van der Waals surface area contributed by atoms with E-state index in [2.05, 4.69) is 18.4 Å². The van der Waals surface area contributed by atoms with Crippen molar-refractivity contribution in [1.82, 2.24) is 0 Å². The normalized spacial score (nSPS) is 8.15. The van der Waals surface area contributed by atoms with Crippen molar-refractivity contribution in [2.24, 2.45) is 11.5 Å². The molecule has 0 aromatic rings. The molecule has 13 heavy (non-hydrogen) atoms. The van der Waals surface area contributed by atoms with Gasteiger partial charge in [0.1, 0.15) is 0 Å². The lowest BCUT2D eigenvalue weighted by Gasteiger charge is -1.98. The molecule has 5 N–H and O–H groups in total. The number of unbranched alkanes of at least 4 members (excludes halogenated alkanes) is 2. The van der Waals surface area contributed by atoms with E-state index in [4.69, 9.17) is 10.1 Å². The second-order valence-electron chi connectivity index (χ2n) is 2.50. The molecule has 0 radical (unpaired) electrons. The molecule has 78 valence electrons. The number of rotatable bonds is 4. The maximum atomic E-state index is 10.2. The number of hydrogen-bond acceptors (Lipinski definition) is 3. The van der Waals surface area contributed by atoms with E-state index in [-0.39, 0.29) is 11.9 Å². The first-order valence-electron chi connectivity index (χ1n) is 4.23. The van der Waals surface area contributed by atoms with Gasteiger partial charge in [0.15, 0.2) is 5.96 Å². The largest absolute Gasteiger partial charge is 0.466 e. The van der Waals surface area contributed by atoms with Gasteiger partial charge in [0.25, 0.3) is 0 Å². The summed E-state index contributed by atoms with van der Waals surface area (Å²) in [4.78, 5) is 10.2. The molecule has 5 nitrogen and oxygen atoms in total. The summed E-state index contributed by atoms with van der Waals surface area (Å²) in [5.41, 5.74) is 8.94. The molecule has 0 atom stereocenters. The first-order valence-corrected chi connectivity index (χ1v) is 4.23. The fourth-order valence-corrected chi connectivity index (χ4v) is 0.568. The average Bonchev–Trinajstić information content (AvgIpc) is 1.97. The Bertz CT molecular complexity index is 144. The highest BCUT2D eigenvalue weighted by Gasteiger charge is 1.89. The number of esters is 1. The van der Waals surface area contributed by atoms with E-state index in [1.807, 2.05) is 0 Å². The number of ether oxygens (including phenoxy) is 1. The smallest absolute Gasteiger partial charge is 0.302 e. The summed E-state index contributed by atoms with van der Waals surface area (Å²) in [6.07, 6.45) is 3.31. The molecule has 0 saturated carbocycles. The Balaban J connectivity index is 0. The van der Waals surface area contributed by atoms with Crippen LogP contribution in [0.4, 0.5) is 0 Å². The van der Waals surface area contributed by atoms with Gasteiger partial charge in [-0.3, -0.25) is 10.2 Å². The number of carbonyl (C=O) groups is 1. The van der Waals surface area contributed by atoms with Crippen LogP contribution < -0.4 is 11.5 Å². The summed E-state index contributed by atoms with van der Waals surface area (Å²) in [6.45, 7) is 4.14. The molecule has 0 bridgehead atoms. The number of carbonyl (C=O) groups excluding carboxylic acids is 1. The third kappa shape index (κ3) is 36.5. The summed E-state index contributed by atoms with van der Waals surface area (Å²) >= 11 is 0. The molecule has 0 heterocycles. The molecule has 0 aliphatic rings. The molecule has 0 aliphatic heterocycles. The Hall–Kier alpha value is -1.26. The molecule has 0 unspecified atom stereocenters. The molecular formula is C8H19N3O2. The zero-order valence-corrected chi connectivity index (χ0v) is 8.30. The van der Waals surface area contributed by atoms with Crippen LogP contribution in [0.1, 0.15) is 33.1 Å². The van der Waals surface area contributed by atoms with E-state index in [0.29, 0.717) is 6.61 Å². The Morgan fingerprint density at radius 1 is 1.38 bits per heavy atom. The van der Waals surface area contributed by atoms with Gasteiger partial charge < -0.3 is 16.2 Å². The van der Waals surface area contributed by atoms with Crippen LogP contribution in [0.15, 0.2) is 0 Å². The van der Waals surface area contributed by atoms with E-state index in [9.17, 15) is 4.79 Å². The lowest BCUT2D eigenvalue weighted by molar-refractivity contribution is -0.141. The second kappa shape index (κ2) is 10.7. The predicted octanol–water partition coefficient (Wildman–Crippen LogP) is 0.578. The molecule has 0 amide bonds. The van der Waals surface area contributed by atoms with E-state index in [1.165, 1.54) is 13.3 Å². The highest BCUT2D eigenvalue weighted by Crippen LogP contribution is 1.93. The van der Waals surface area contributed by atoms with Crippen molar-refractivity contribution in [2.45, 2.75) is 33.1 Å². The molecule has 0 aromatic carbocycles. The van der Waals surface area contributed by atoms with Gasteiger partial charge in [0, 0.05) is 6.92 Å². The Morgan fingerprint density at radius 2 is 1.85 bits per heavy atom. The average molecular weight is 189 g/mol. The van der Waals surface area contributed by atoms with Gasteiger partial charge in [-0.25, -0.2) is 0 Å². The van der Waals surface area contributed by atoms with Gasteiger partial charge in [-0.1, -0.05) is 19.8 Å². The fourth-order valence-electron chi connectivity index (χ4n) is 0.568. The number of nitrogens with two attached hydrogens (primary N) is 2. The minimum Gasteiger partial charge on any atom is -0.466 e. The minimum atomic E-state index is -0.333. The zero-order valence-electron chi connectivity index (χ0n) is 8.30. The molecule has 0 aliphatic carbocycles. The number of hydrogen-bond donors (Lipinski definition) is 3. The van der Waals surface area contributed by atoms with Crippen molar-refractivity contribution in [1.29, 1.82) is 5.41 Å². The molecule has 0 aromatic heterocycles. The van der Waals surface area contributed by atoms with Gasteiger partial charge in [-0.15, -0.1) is 0 Å². The topological polar surface area (TPSA) is 102 Å². The second-order valence-corrected chi connectivity index (χ2v) is 2.50. The van der Waals surface area contributed by atoms with Gasteiger partial charge in [0.2, 0.25) is 0 Å². The first kappa shape index (κ1) is 14.3. The van der Waals surface area contributed by atoms with E-state index < -0.39 is 0 Å². The minimum absolute atomic E-state index is 0.175. The maximum absolute atomic E-state index is 10.2. The monoisotopic (exact) mass is 189 g/mol. The van der Waals surface area contributed by atoms with Gasteiger partial charge in [-0.2, -0.15) is 0 Å². The third-order valence-electron chi connectivity index (χ3n) is 1.05. The fraction of sp³-hybridized carbons (Fsp3) is 0.750. The lowest BCUT2D eigenvalue weighted by atomic mass is 10.3. The van der Waals surface area contributed by atoms with Crippen LogP contribution in [0.3, 0.4) is 0 Å². The molecule has 0 rings (SSSR count). The Morgan fingerprint density at radius 3 is 2.15 bits per heavy atom. The van der Waals surface area contributed by atoms with Crippen molar-refractivity contribution < 1.29 is 9.53 Å². The van der Waals surface area contributed by atoms with Gasteiger partial charge >= 0.3 is 5.97 Å². The van der Waals surface area contributed by atoms with E-state index in [1.54, 1.807) is 0 Å². The quantitative estimate of drug-likeness (QED) is 0.260. The van der Waals surface area contributed by atoms with Crippen LogP contribution in [0, 0.1) is 5.41 Å². The standard InChI is InChI=1S/C7H14O2.CH5N3/c1-3-4-5-6-9-7(2)8;2-1(3)4/h3-6H2,1-2H3;(H5,2,3,4). The van der Waals surface area contributed by atoms with E-state index >= 15 is 0 Å². The highest BCUT2D eigenvalue weighted by atomic mass is 16.5. The summed E-state index contributed by atoms with van der Waals surface area (Å²) < 4.78 is 4.70. The van der Waals surface area contributed by atoms with E-state index in [0.717, 1.165) is 12.8 Å². The maximum Gasteiger partial charge on any atom is 0.302 e. The van der Waals surface area contributed by atoms with Crippen molar-refractivity contribution in [2.75, 3.05) is 6.61 Å². The zero-order chi connectivity index (χ0) is 10.7. The van der Waals surface area contributed by atoms with Crippen LogP contribution in [0.5, 0.6) is 0 Å². The Labute approximate surface area is 78.9 Å². The molecular weight excluding hydrogens is 170 g/mol. The lowest BCUT2D eigenvalue weighted by Crippen LogP contribution is -2.20. The summed E-state index contributed by atoms with van der Waals surface area (Å²) in [6, 6.07) is 0. The van der Waals surface area contributed by atoms with Gasteiger partial charge in [-0.05, 0) is 6.42 Å². The molecule has 0 spiro atoms. The molecule has 5 heteroatoms. The highest BCUT2D eigenvalue weighted by molar-refractivity contribution is 5.71. The van der Waals surface area contributed by atoms with Crippen LogP contribution >= 0.6 is 0 Å². The molecule has 0 fully saturated rings. The summed E-state index contributed by atoms with van der Waals surface area (Å²) in [5.74, 6) is -0.508. The van der Waals surface area contributed by atoms with Crippen LogP contribution in [0.25, 0.3) is 0 Å². The number of nitrogens with one attached hydrogen (secondary N) is 1. The first-order chi connectivity index (χ1) is 6.00. The summed E-state index contributed by atoms with van der Waals surface area (Å²) in [5, 5.41) is 6.06. The summed E-state index contributed by atoms with van der Waals surface area (Å²) in [7, 11) is 0. The van der Waals surface area contributed by atoms with Crippen molar-refractivity contribution in [3.05, 3.63) is 0 Å². The van der Waals surface area contributed by atoms with Gasteiger partial charge in [0.05, 0.1) is 6.61 Å². The van der Waals surface area contributed by atoms with Crippen LogP contribution in [0.2, 0.25) is 0 Å².